The highest BCUT2D eigenvalue weighted by Crippen LogP contribution is 2.49. The van der Waals surface area contributed by atoms with E-state index in [0.29, 0.717) is 13.0 Å². The maximum absolute atomic E-state index is 13.4. The minimum absolute atomic E-state index is 0.00740. The fourth-order valence-electron chi connectivity index (χ4n) is 4.74. The summed E-state index contributed by atoms with van der Waals surface area (Å²) in [5.41, 5.74) is 3.94. The van der Waals surface area contributed by atoms with E-state index in [1.165, 1.54) is 12.5 Å². The molecule has 30 heavy (non-hydrogen) atoms. The number of imidazole rings is 1. The topological polar surface area (TPSA) is 87.5 Å². The minimum atomic E-state index is -3.75. The van der Waals surface area contributed by atoms with Crippen molar-refractivity contribution in [3.05, 3.63) is 66.6 Å². The van der Waals surface area contributed by atoms with E-state index in [4.69, 9.17) is 0 Å². The van der Waals surface area contributed by atoms with Crippen LogP contribution in [0.5, 0.6) is 0 Å². The molecule has 0 radical (unpaired) electrons. The third-order valence-electron chi connectivity index (χ3n) is 6.18. The minimum Gasteiger partial charge on any atom is -0.394 e. The van der Waals surface area contributed by atoms with Gasteiger partial charge in [-0.15, -0.1) is 0 Å². The van der Waals surface area contributed by atoms with Gasteiger partial charge in [0.05, 0.1) is 25.0 Å². The van der Waals surface area contributed by atoms with Crippen LogP contribution in [0, 0.1) is 5.92 Å². The number of rotatable bonds is 4. The molecule has 3 heterocycles. The van der Waals surface area contributed by atoms with E-state index in [-0.39, 0.29) is 29.6 Å². The van der Waals surface area contributed by atoms with Crippen LogP contribution in [0.3, 0.4) is 0 Å². The number of nitrogens with one attached hydrogen (secondary N) is 1. The number of fused-ring (bicyclic) bond motifs is 3. The van der Waals surface area contributed by atoms with Crippen LogP contribution in [-0.2, 0) is 17.1 Å². The summed E-state index contributed by atoms with van der Waals surface area (Å²) in [5, 5.41) is 13.4. The second-order valence-electron chi connectivity index (χ2n) is 7.99. The highest BCUT2D eigenvalue weighted by atomic mass is 32.2. The van der Waals surface area contributed by atoms with Gasteiger partial charge in [-0.2, -0.15) is 4.31 Å². The first-order chi connectivity index (χ1) is 14.5. The number of benzene rings is 2. The second kappa shape index (κ2) is 7.23. The summed E-state index contributed by atoms with van der Waals surface area (Å²) in [6.07, 6.45) is 3.72. The van der Waals surface area contributed by atoms with Crippen LogP contribution in [0.4, 0.5) is 5.69 Å². The maximum atomic E-state index is 13.4. The summed E-state index contributed by atoms with van der Waals surface area (Å²) >= 11 is 0. The van der Waals surface area contributed by atoms with Gasteiger partial charge in [-0.25, -0.2) is 13.4 Å². The van der Waals surface area contributed by atoms with Crippen LogP contribution in [0.2, 0.25) is 0 Å². The molecule has 3 aromatic rings. The quantitative estimate of drug-likeness (QED) is 0.672. The van der Waals surface area contributed by atoms with Gasteiger partial charge in [0.1, 0.15) is 0 Å². The smallest absolute Gasteiger partial charge is 0.262 e. The Morgan fingerprint density at radius 1 is 1.17 bits per heavy atom. The number of sulfonamides is 1. The fourth-order valence-corrected chi connectivity index (χ4v) is 6.38. The van der Waals surface area contributed by atoms with Gasteiger partial charge in [-0.3, -0.25) is 0 Å². The molecule has 2 aliphatic rings. The molecule has 1 fully saturated rings. The summed E-state index contributed by atoms with van der Waals surface area (Å²) in [4.78, 5) is 4.10. The first kappa shape index (κ1) is 19.3. The molecule has 2 N–H and O–H groups in total. The van der Waals surface area contributed by atoms with Crippen molar-refractivity contribution < 1.29 is 13.5 Å². The Hall–Kier alpha value is -2.68. The van der Waals surface area contributed by atoms with Gasteiger partial charge in [-0.05, 0) is 35.2 Å². The molecule has 2 aliphatic heterocycles. The van der Waals surface area contributed by atoms with E-state index in [2.05, 4.69) is 16.4 Å². The van der Waals surface area contributed by atoms with Gasteiger partial charge in [0.25, 0.3) is 10.0 Å². The Bertz CT molecular complexity index is 1180. The Labute approximate surface area is 176 Å². The normalized spacial score (nSPS) is 23.6. The number of aromatic nitrogens is 2. The first-order valence-corrected chi connectivity index (χ1v) is 11.5. The van der Waals surface area contributed by atoms with Crippen LogP contribution in [-0.4, -0.2) is 46.6 Å². The van der Waals surface area contributed by atoms with E-state index in [0.717, 1.165) is 22.4 Å². The van der Waals surface area contributed by atoms with Crippen LogP contribution in [0.15, 0.2) is 66.1 Å². The number of hydrogen-bond acceptors (Lipinski definition) is 5. The second-order valence-corrected chi connectivity index (χ2v) is 9.83. The lowest BCUT2D eigenvalue weighted by molar-refractivity contribution is 0.210. The predicted molar refractivity (Wildman–Crippen MR) is 114 cm³/mol. The molecular weight excluding hydrogens is 400 g/mol. The number of aryl methyl sites for hydroxylation is 1. The molecule has 0 amide bonds. The van der Waals surface area contributed by atoms with Gasteiger partial charge in [0.15, 0.2) is 5.03 Å². The molecular formula is C22H24N4O3S. The van der Waals surface area contributed by atoms with Crippen molar-refractivity contribution in [2.24, 2.45) is 13.0 Å². The zero-order valence-corrected chi connectivity index (χ0v) is 17.5. The molecule has 0 bridgehead atoms. The Balaban J connectivity index is 1.62. The molecule has 8 heteroatoms. The van der Waals surface area contributed by atoms with Crippen LogP contribution in [0.25, 0.3) is 11.1 Å². The van der Waals surface area contributed by atoms with Crippen LogP contribution < -0.4 is 5.32 Å². The Kier molecular flexibility index (Phi) is 4.65. The van der Waals surface area contributed by atoms with Crippen molar-refractivity contribution in [3.8, 4) is 11.1 Å². The summed E-state index contributed by atoms with van der Waals surface area (Å²) in [6, 6.07) is 15.6. The van der Waals surface area contributed by atoms with Gasteiger partial charge in [0.2, 0.25) is 0 Å². The lowest BCUT2D eigenvalue weighted by Gasteiger charge is -2.38. The average Bonchev–Trinajstić information content (AvgIpc) is 3.41. The highest BCUT2D eigenvalue weighted by molar-refractivity contribution is 7.89. The zero-order valence-electron chi connectivity index (χ0n) is 16.6. The van der Waals surface area contributed by atoms with Gasteiger partial charge >= 0.3 is 0 Å². The van der Waals surface area contributed by atoms with Crippen molar-refractivity contribution >= 4 is 15.7 Å². The largest absolute Gasteiger partial charge is 0.394 e. The number of aliphatic hydroxyl groups excluding tert-OH is 1. The van der Waals surface area contributed by atoms with Crippen molar-refractivity contribution in [1.82, 2.24) is 13.9 Å². The molecule has 2 aromatic carbocycles. The fraction of sp³-hybridized carbons (Fsp3) is 0.318. The number of nitrogens with zero attached hydrogens (tertiary/aromatic N) is 3. The summed E-state index contributed by atoms with van der Waals surface area (Å²) in [6.45, 7) is 0.361. The molecule has 0 spiro atoms. The molecule has 3 atom stereocenters. The van der Waals surface area contributed by atoms with E-state index >= 15 is 0 Å². The molecule has 7 nitrogen and oxygen atoms in total. The van der Waals surface area contributed by atoms with Crippen LogP contribution >= 0.6 is 0 Å². The van der Waals surface area contributed by atoms with Gasteiger partial charge in [-0.1, -0.05) is 36.4 Å². The predicted octanol–water partition coefficient (Wildman–Crippen LogP) is 2.63. The van der Waals surface area contributed by atoms with Crippen LogP contribution in [0.1, 0.15) is 18.0 Å². The Morgan fingerprint density at radius 3 is 2.67 bits per heavy atom. The molecule has 1 saturated heterocycles. The average molecular weight is 425 g/mol. The SMILES string of the molecule is Cn1cnc(S(=O)(=O)N2CC[C@@H]3[C@H](CO)Nc4ccc(-c5ccccc5)cc4[C@@H]32)c1. The van der Waals surface area contributed by atoms with Crippen molar-refractivity contribution in [3.63, 3.8) is 0 Å². The van der Waals surface area contributed by atoms with E-state index in [9.17, 15) is 13.5 Å². The zero-order chi connectivity index (χ0) is 20.9. The number of hydrogen-bond donors (Lipinski definition) is 2. The summed E-state index contributed by atoms with van der Waals surface area (Å²) < 4.78 is 30.1. The summed E-state index contributed by atoms with van der Waals surface area (Å²) in [5.74, 6) is -0.00740. The van der Waals surface area contributed by atoms with Crippen molar-refractivity contribution in [2.45, 2.75) is 23.5 Å². The molecule has 1 aromatic heterocycles. The van der Waals surface area contributed by atoms with Gasteiger partial charge < -0.3 is 15.0 Å². The van der Waals surface area contributed by atoms with E-state index in [1.54, 1.807) is 15.9 Å². The Morgan fingerprint density at radius 2 is 1.97 bits per heavy atom. The van der Waals surface area contributed by atoms with Crippen molar-refractivity contribution in [2.75, 3.05) is 18.5 Å². The number of aliphatic hydroxyl groups is 1. The maximum Gasteiger partial charge on any atom is 0.262 e. The molecule has 0 saturated carbocycles. The third kappa shape index (κ3) is 3.03. The van der Waals surface area contributed by atoms with E-state index in [1.807, 2.05) is 42.5 Å². The molecule has 0 aliphatic carbocycles. The summed E-state index contributed by atoms with van der Waals surface area (Å²) in [7, 11) is -1.99. The molecule has 5 rings (SSSR count). The monoisotopic (exact) mass is 424 g/mol. The standard InChI is InChI=1S/C22H24N4O3S/c1-25-12-21(23-14-25)30(28,29)26-10-9-17-20(13-27)24-19-8-7-16(11-18(19)22(17)26)15-5-3-2-4-6-15/h2-8,11-12,14,17,20,22,24,27H,9-10,13H2,1H3/t17-,20+,22-/m1/s1. The number of anilines is 1. The van der Waals surface area contributed by atoms with Crippen molar-refractivity contribution in [1.29, 1.82) is 0 Å². The lowest BCUT2D eigenvalue weighted by Crippen LogP contribution is -2.42. The van der Waals surface area contributed by atoms with Gasteiger partial charge in [0, 0.05) is 31.4 Å². The lowest BCUT2D eigenvalue weighted by atomic mass is 9.82. The third-order valence-corrected chi connectivity index (χ3v) is 7.95. The molecule has 156 valence electrons. The van der Waals surface area contributed by atoms with E-state index < -0.39 is 10.0 Å². The first-order valence-electron chi connectivity index (χ1n) is 10.1. The highest BCUT2D eigenvalue weighted by Gasteiger charge is 2.49. The molecule has 0 unspecified atom stereocenters.